The molecule has 0 spiro atoms. The fourth-order valence-corrected chi connectivity index (χ4v) is 5.00. The predicted octanol–water partition coefficient (Wildman–Crippen LogP) is 2.94. The highest BCUT2D eigenvalue weighted by Gasteiger charge is 2.65. The predicted molar refractivity (Wildman–Crippen MR) is 91.1 cm³/mol. The third-order valence-electron chi connectivity index (χ3n) is 6.01. The minimum absolute atomic E-state index is 0.0532. The molecule has 2 amide bonds. The fourth-order valence-electron chi connectivity index (χ4n) is 5.00. The maximum Gasteiger partial charge on any atom is 0.315 e. The van der Waals surface area contributed by atoms with Crippen molar-refractivity contribution in [3.8, 4) is 11.5 Å². The number of carbonyl (C=O) groups is 1. The number of hydrogen-bond donors (Lipinski definition) is 2. The number of fused-ring (bicyclic) bond motifs is 5. The lowest BCUT2D eigenvalue weighted by Gasteiger charge is -2.13. The summed E-state index contributed by atoms with van der Waals surface area (Å²) in [6.45, 7) is 3.02. The maximum atomic E-state index is 12.2. The lowest BCUT2D eigenvalue weighted by molar-refractivity contribution is 0.238. The van der Waals surface area contributed by atoms with Crippen molar-refractivity contribution < 1.29 is 14.3 Å². The number of urea groups is 1. The van der Waals surface area contributed by atoms with Crippen LogP contribution in [0, 0.1) is 23.7 Å². The molecule has 5 nitrogen and oxygen atoms in total. The van der Waals surface area contributed by atoms with E-state index in [9.17, 15) is 4.79 Å². The van der Waals surface area contributed by atoms with Crippen LogP contribution in [-0.4, -0.2) is 25.8 Å². The van der Waals surface area contributed by atoms with Crippen molar-refractivity contribution in [3.63, 3.8) is 0 Å². The van der Waals surface area contributed by atoms with Crippen LogP contribution in [0.15, 0.2) is 18.2 Å². The Morgan fingerprint density at radius 1 is 1.21 bits per heavy atom. The van der Waals surface area contributed by atoms with Gasteiger partial charge in [-0.1, -0.05) is 6.07 Å². The highest BCUT2D eigenvalue weighted by Crippen LogP contribution is 2.65. The summed E-state index contributed by atoms with van der Waals surface area (Å²) in [4.78, 5) is 12.2. The molecule has 3 aliphatic carbocycles. The number of amides is 2. The molecule has 0 aromatic heterocycles. The van der Waals surface area contributed by atoms with Crippen molar-refractivity contribution in [1.82, 2.24) is 10.6 Å². The van der Waals surface area contributed by atoms with Crippen molar-refractivity contribution in [2.45, 2.75) is 38.8 Å². The molecule has 24 heavy (non-hydrogen) atoms. The van der Waals surface area contributed by atoms with E-state index in [-0.39, 0.29) is 6.03 Å². The zero-order valence-electron chi connectivity index (χ0n) is 14.4. The number of ether oxygens (including phenoxy) is 2. The van der Waals surface area contributed by atoms with Gasteiger partial charge in [-0.3, -0.25) is 0 Å². The lowest BCUT2D eigenvalue weighted by Crippen LogP contribution is -2.38. The van der Waals surface area contributed by atoms with Crippen molar-refractivity contribution in [1.29, 1.82) is 0 Å². The molecule has 0 aliphatic heterocycles. The molecule has 1 aromatic carbocycles. The number of carbonyl (C=O) groups excluding carboxylic acids is 1. The number of rotatable bonds is 6. The molecule has 0 saturated heterocycles. The largest absolute Gasteiger partial charge is 0.493 e. The van der Waals surface area contributed by atoms with Gasteiger partial charge in [-0.05, 0) is 67.6 Å². The van der Waals surface area contributed by atoms with Crippen molar-refractivity contribution >= 4 is 6.03 Å². The summed E-state index contributed by atoms with van der Waals surface area (Å²) in [6.07, 6.45) is 4.15. The van der Waals surface area contributed by atoms with Crippen LogP contribution in [0.2, 0.25) is 0 Å². The first kappa shape index (κ1) is 15.6. The number of methoxy groups -OCH3 is 1. The van der Waals surface area contributed by atoms with Gasteiger partial charge in [0.05, 0.1) is 13.7 Å². The van der Waals surface area contributed by atoms with Gasteiger partial charge in [-0.15, -0.1) is 0 Å². The van der Waals surface area contributed by atoms with Crippen molar-refractivity contribution in [2.75, 3.05) is 13.7 Å². The van der Waals surface area contributed by atoms with Gasteiger partial charge in [0.15, 0.2) is 11.5 Å². The van der Waals surface area contributed by atoms with Gasteiger partial charge < -0.3 is 20.1 Å². The molecule has 0 heterocycles. The van der Waals surface area contributed by atoms with Gasteiger partial charge in [-0.25, -0.2) is 4.79 Å². The van der Waals surface area contributed by atoms with Gasteiger partial charge in [0.2, 0.25) is 0 Å². The van der Waals surface area contributed by atoms with E-state index >= 15 is 0 Å². The third kappa shape index (κ3) is 2.70. The molecule has 130 valence electrons. The van der Waals surface area contributed by atoms with Crippen LogP contribution in [-0.2, 0) is 6.54 Å². The Morgan fingerprint density at radius 3 is 2.62 bits per heavy atom. The van der Waals surface area contributed by atoms with E-state index in [1.54, 1.807) is 7.11 Å². The standard InChI is InChI=1S/C19H26N2O3/c1-3-24-15-8-11(4-7-14(15)23-2)10-20-19(22)21-18-16-12-5-6-13(9-12)17(16)18/h4,7-8,12-13,16-18H,3,5-6,9-10H2,1-2H3,(H2,20,21,22). The molecule has 4 atom stereocenters. The van der Waals surface area contributed by atoms with E-state index < -0.39 is 0 Å². The van der Waals surface area contributed by atoms with Crippen LogP contribution in [0.5, 0.6) is 11.5 Å². The SMILES string of the molecule is CCOc1cc(CNC(=O)NC2C3C4CCC(C4)C23)ccc1OC. The monoisotopic (exact) mass is 330 g/mol. The summed E-state index contributed by atoms with van der Waals surface area (Å²) in [7, 11) is 1.63. The Balaban J connectivity index is 1.29. The van der Waals surface area contributed by atoms with Gasteiger partial charge in [0, 0.05) is 12.6 Å². The van der Waals surface area contributed by atoms with E-state index in [2.05, 4.69) is 10.6 Å². The maximum absolute atomic E-state index is 12.2. The van der Waals surface area contributed by atoms with Gasteiger partial charge in [0.25, 0.3) is 0 Å². The molecule has 4 rings (SSSR count). The second-order valence-corrected chi connectivity index (χ2v) is 7.26. The molecule has 2 N–H and O–H groups in total. The molecule has 3 fully saturated rings. The van der Waals surface area contributed by atoms with Crippen molar-refractivity contribution in [3.05, 3.63) is 23.8 Å². The average molecular weight is 330 g/mol. The molecule has 0 radical (unpaired) electrons. The zero-order valence-corrected chi connectivity index (χ0v) is 14.4. The van der Waals surface area contributed by atoms with E-state index in [1.165, 1.54) is 19.3 Å². The lowest BCUT2D eigenvalue weighted by atomic mass is 10.0. The fraction of sp³-hybridized carbons (Fsp3) is 0.632. The second-order valence-electron chi connectivity index (χ2n) is 7.26. The van der Waals surface area contributed by atoms with E-state index in [0.717, 1.165) is 29.2 Å². The minimum Gasteiger partial charge on any atom is -0.493 e. The summed E-state index contributed by atoms with van der Waals surface area (Å²) in [5.74, 6) is 4.71. The Bertz CT molecular complexity index is 617. The highest BCUT2D eigenvalue weighted by atomic mass is 16.5. The Labute approximate surface area is 143 Å². The van der Waals surface area contributed by atoms with Gasteiger partial charge in [0.1, 0.15) is 0 Å². The molecule has 5 heteroatoms. The molecule has 4 unspecified atom stereocenters. The van der Waals surface area contributed by atoms with Crippen LogP contribution < -0.4 is 20.1 Å². The molecule has 1 aromatic rings. The highest BCUT2D eigenvalue weighted by molar-refractivity contribution is 5.75. The summed E-state index contributed by atoms with van der Waals surface area (Å²) in [6, 6.07) is 6.12. The van der Waals surface area contributed by atoms with Crippen LogP contribution in [0.1, 0.15) is 31.7 Å². The zero-order chi connectivity index (χ0) is 16.7. The smallest absolute Gasteiger partial charge is 0.315 e. The molecule has 3 saturated carbocycles. The van der Waals surface area contributed by atoms with Crippen LogP contribution in [0.4, 0.5) is 4.79 Å². The number of benzene rings is 1. The van der Waals surface area contributed by atoms with E-state index in [1.807, 2.05) is 25.1 Å². The molecular weight excluding hydrogens is 304 g/mol. The van der Waals surface area contributed by atoms with Crippen molar-refractivity contribution in [2.24, 2.45) is 23.7 Å². The number of hydrogen-bond acceptors (Lipinski definition) is 3. The molecule has 3 aliphatic rings. The topological polar surface area (TPSA) is 59.6 Å². The Hall–Kier alpha value is -1.91. The molecule has 2 bridgehead atoms. The van der Waals surface area contributed by atoms with E-state index in [0.29, 0.717) is 30.7 Å². The first-order chi connectivity index (χ1) is 11.7. The third-order valence-corrected chi connectivity index (χ3v) is 6.01. The summed E-state index contributed by atoms with van der Waals surface area (Å²) >= 11 is 0. The normalized spacial score (nSPS) is 32.2. The summed E-state index contributed by atoms with van der Waals surface area (Å²) < 4.78 is 10.9. The Morgan fingerprint density at radius 2 is 1.96 bits per heavy atom. The van der Waals surface area contributed by atoms with E-state index in [4.69, 9.17) is 9.47 Å². The molecular formula is C19H26N2O3. The number of nitrogens with one attached hydrogen (secondary N) is 2. The minimum atomic E-state index is -0.0532. The average Bonchev–Trinajstić information content (AvgIpc) is 2.96. The van der Waals surface area contributed by atoms with Gasteiger partial charge in [-0.2, -0.15) is 0 Å². The van der Waals surface area contributed by atoms with Gasteiger partial charge >= 0.3 is 6.03 Å². The summed E-state index contributed by atoms with van der Waals surface area (Å²) in [5, 5.41) is 6.15. The second kappa shape index (κ2) is 6.19. The van der Waals surface area contributed by atoms with Crippen LogP contribution in [0.3, 0.4) is 0 Å². The Kier molecular flexibility index (Phi) is 4.02. The van der Waals surface area contributed by atoms with Crippen LogP contribution >= 0.6 is 0 Å². The first-order valence-corrected chi connectivity index (χ1v) is 9.05. The van der Waals surface area contributed by atoms with Crippen LogP contribution in [0.25, 0.3) is 0 Å². The quantitative estimate of drug-likeness (QED) is 0.843. The first-order valence-electron chi connectivity index (χ1n) is 9.05. The summed E-state index contributed by atoms with van der Waals surface area (Å²) in [5.41, 5.74) is 1.01.